The molecule has 0 saturated carbocycles. The van der Waals surface area contributed by atoms with Crippen LogP contribution in [0.5, 0.6) is 0 Å². The highest BCUT2D eigenvalue weighted by molar-refractivity contribution is 7.98. The van der Waals surface area contributed by atoms with Gasteiger partial charge < -0.3 is 4.74 Å². The van der Waals surface area contributed by atoms with Gasteiger partial charge in [-0.25, -0.2) is 4.79 Å². The highest BCUT2D eigenvalue weighted by atomic mass is 32.2. The Morgan fingerprint density at radius 1 is 1.43 bits per heavy atom. The fraction of sp³-hybridized carbons (Fsp3) is 0.200. The van der Waals surface area contributed by atoms with E-state index in [-0.39, 0.29) is 0 Å². The number of thioether (sulfide) groups is 1. The van der Waals surface area contributed by atoms with Gasteiger partial charge in [-0.15, -0.1) is 11.8 Å². The van der Waals surface area contributed by atoms with Crippen molar-refractivity contribution < 1.29 is 9.53 Å². The number of rotatable bonds is 2. The van der Waals surface area contributed by atoms with E-state index in [9.17, 15) is 4.79 Å². The lowest BCUT2D eigenvalue weighted by Gasteiger charge is -2.15. The molecule has 0 aliphatic carbocycles. The van der Waals surface area contributed by atoms with Crippen molar-refractivity contribution in [2.45, 2.75) is 4.90 Å². The highest BCUT2D eigenvalue weighted by Gasteiger charge is 2.09. The summed E-state index contributed by atoms with van der Waals surface area (Å²) in [5, 5.41) is 0. The first-order valence-corrected chi connectivity index (χ1v) is 5.25. The number of amides is 1. The van der Waals surface area contributed by atoms with Crippen molar-refractivity contribution >= 4 is 23.5 Å². The summed E-state index contributed by atoms with van der Waals surface area (Å²) in [6.45, 7) is 0. The van der Waals surface area contributed by atoms with E-state index in [0.29, 0.717) is 0 Å². The summed E-state index contributed by atoms with van der Waals surface area (Å²) in [6.07, 6.45) is 1.53. The molecule has 0 aromatic heterocycles. The monoisotopic (exact) mass is 210 g/mol. The number of hydrogen-bond donors (Lipinski definition) is 0. The van der Waals surface area contributed by atoms with Crippen LogP contribution < -0.4 is 4.90 Å². The number of nitrogens with zero attached hydrogens (tertiary/aromatic N) is 1. The van der Waals surface area contributed by atoms with E-state index in [4.69, 9.17) is 0 Å². The van der Waals surface area contributed by atoms with E-state index in [0.717, 1.165) is 10.6 Å². The number of anilines is 1. The van der Waals surface area contributed by atoms with E-state index in [1.807, 2.05) is 30.5 Å². The van der Waals surface area contributed by atoms with E-state index in [2.05, 4.69) is 11.8 Å². The highest BCUT2D eigenvalue weighted by Crippen LogP contribution is 2.19. The van der Waals surface area contributed by atoms with Crippen molar-refractivity contribution in [3.8, 4) is 0 Å². The molecular formula is C10H12NO2S. The van der Waals surface area contributed by atoms with Crippen LogP contribution in [0.1, 0.15) is 0 Å². The molecule has 0 aliphatic rings. The third kappa shape index (κ3) is 2.42. The second-order valence-electron chi connectivity index (χ2n) is 2.67. The van der Waals surface area contributed by atoms with Crippen LogP contribution in [0.25, 0.3) is 0 Å². The van der Waals surface area contributed by atoms with Crippen molar-refractivity contribution in [1.29, 1.82) is 0 Å². The summed E-state index contributed by atoms with van der Waals surface area (Å²) >= 11 is 1.66. The van der Waals surface area contributed by atoms with Crippen LogP contribution in [0.3, 0.4) is 0 Å². The molecule has 3 nitrogen and oxygen atoms in total. The summed E-state index contributed by atoms with van der Waals surface area (Å²) in [6, 6.07) is 7.63. The predicted molar refractivity (Wildman–Crippen MR) is 58.5 cm³/mol. The number of ether oxygens (including phenoxy) is 1. The summed E-state index contributed by atoms with van der Waals surface area (Å²) in [7, 11) is 4.71. The summed E-state index contributed by atoms with van der Waals surface area (Å²) in [5.41, 5.74) is 0.788. The van der Waals surface area contributed by atoms with Gasteiger partial charge in [0.2, 0.25) is 0 Å². The fourth-order valence-corrected chi connectivity index (χ4v) is 1.42. The normalized spacial score (nSPS) is 9.64. The summed E-state index contributed by atoms with van der Waals surface area (Å²) in [5.74, 6) is 0. The minimum atomic E-state index is -0.470. The smallest absolute Gasteiger partial charge is 0.414 e. The summed E-state index contributed by atoms with van der Waals surface area (Å²) in [4.78, 5) is 13.7. The van der Waals surface area contributed by atoms with Crippen molar-refractivity contribution in [2.75, 3.05) is 18.2 Å². The molecule has 1 aromatic rings. The maximum Gasteiger partial charge on any atom is 0.414 e. The molecule has 0 aliphatic heterocycles. The largest absolute Gasteiger partial charge is 0.446 e. The lowest BCUT2D eigenvalue weighted by molar-refractivity contribution is 0.192. The quantitative estimate of drug-likeness (QED) is 0.703. The Kier molecular flexibility index (Phi) is 3.83. The zero-order chi connectivity index (χ0) is 10.6. The SMILES string of the molecule is [CH2]OC(=O)N(C)c1ccc(SC)cc1. The molecule has 0 spiro atoms. The Bertz CT molecular complexity index is 310. The molecule has 1 aromatic carbocycles. The van der Waals surface area contributed by atoms with E-state index < -0.39 is 6.09 Å². The molecule has 0 heterocycles. The molecule has 0 fully saturated rings. The minimum Gasteiger partial charge on any atom is -0.446 e. The minimum absolute atomic E-state index is 0.470. The number of carbonyl (C=O) groups is 1. The molecule has 0 bridgehead atoms. The Hall–Kier alpha value is -1.16. The second kappa shape index (κ2) is 4.91. The van der Waals surface area contributed by atoms with Gasteiger partial charge in [-0.05, 0) is 30.5 Å². The Morgan fingerprint density at radius 2 is 2.00 bits per heavy atom. The molecule has 0 saturated heterocycles. The van der Waals surface area contributed by atoms with Crippen LogP contribution in [-0.4, -0.2) is 19.4 Å². The first-order valence-electron chi connectivity index (χ1n) is 4.03. The molecule has 14 heavy (non-hydrogen) atoms. The first kappa shape index (κ1) is 10.9. The van der Waals surface area contributed by atoms with Crippen molar-refractivity contribution in [3.63, 3.8) is 0 Å². The first-order chi connectivity index (χ1) is 6.69. The second-order valence-corrected chi connectivity index (χ2v) is 3.55. The third-order valence-corrected chi connectivity index (χ3v) is 2.60. The summed E-state index contributed by atoms with van der Waals surface area (Å²) < 4.78 is 4.35. The van der Waals surface area contributed by atoms with Crippen molar-refractivity contribution in [2.24, 2.45) is 0 Å². The number of carbonyl (C=O) groups excluding carboxylic acids is 1. The van der Waals surface area contributed by atoms with Crippen molar-refractivity contribution in [1.82, 2.24) is 0 Å². The zero-order valence-corrected chi connectivity index (χ0v) is 9.00. The molecule has 0 N–H and O–H groups in total. The maximum absolute atomic E-state index is 11.1. The van der Waals surface area contributed by atoms with Gasteiger partial charge in [0, 0.05) is 17.6 Å². The van der Waals surface area contributed by atoms with Crippen LogP contribution in [0.2, 0.25) is 0 Å². The molecule has 1 amide bonds. The van der Waals surface area contributed by atoms with Gasteiger partial charge in [0.1, 0.15) is 7.11 Å². The average Bonchev–Trinajstić information content (AvgIpc) is 2.27. The van der Waals surface area contributed by atoms with Crippen LogP contribution in [0.4, 0.5) is 10.5 Å². The van der Waals surface area contributed by atoms with Gasteiger partial charge in [-0.2, -0.15) is 0 Å². The molecule has 0 atom stereocenters. The fourth-order valence-electron chi connectivity index (χ4n) is 1.01. The third-order valence-electron chi connectivity index (χ3n) is 1.86. The van der Waals surface area contributed by atoms with Gasteiger partial charge in [-0.3, -0.25) is 4.90 Å². The van der Waals surface area contributed by atoms with Crippen LogP contribution >= 0.6 is 11.8 Å². The molecule has 1 radical (unpaired) electrons. The zero-order valence-electron chi connectivity index (χ0n) is 8.19. The average molecular weight is 210 g/mol. The van der Waals surface area contributed by atoms with Gasteiger partial charge in [0.25, 0.3) is 0 Å². The van der Waals surface area contributed by atoms with Crippen LogP contribution in [0, 0.1) is 7.11 Å². The number of hydrogen-bond acceptors (Lipinski definition) is 3. The molecule has 0 unspecified atom stereocenters. The predicted octanol–water partition coefficient (Wildman–Crippen LogP) is 2.77. The topological polar surface area (TPSA) is 29.5 Å². The Morgan fingerprint density at radius 3 is 2.43 bits per heavy atom. The van der Waals surface area contributed by atoms with E-state index in [1.165, 1.54) is 4.90 Å². The van der Waals surface area contributed by atoms with Gasteiger partial charge in [0.05, 0.1) is 0 Å². The molecule has 1 rings (SSSR count). The van der Waals surface area contributed by atoms with Crippen LogP contribution in [0.15, 0.2) is 29.2 Å². The van der Waals surface area contributed by atoms with E-state index in [1.54, 1.807) is 18.8 Å². The maximum atomic E-state index is 11.1. The lowest BCUT2D eigenvalue weighted by Crippen LogP contribution is -2.25. The molecular weight excluding hydrogens is 198 g/mol. The van der Waals surface area contributed by atoms with Gasteiger partial charge in [0.15, 0.2) is 0 Å². The number of benzene rings is 1. The molecule has 4 heteroatoms. The Balaban J connectivity index is 2.81. The van der Waals surface area contributed by atoms with E-state index >= 15 is 0 Å². The van der Waals surface area contributed by atoms with Gasteiger partial charge >= 0.3 is 6.09 Å². The van der Waals surface area contributed by atoms with Gasteiger partial charge in [-0.1, -0.05) is 0 Å². The van der Waals surface area contributed by atoms with Crippen molar-refractivity contribution in [3.05, 3.63) is 31.4 Å². The lowest BCUT2D eigenvalue weighted by atomic mass is 10.3. The van der Waals surface area contributed by atoms with Crippen LogP contribution in [-0.2, 0) is 4.74 Å². The standard InChI is InChI=1S/C10H12NO2S/c1-11(10(12)13-2)8-4-6-9(14-3)7-5-8/h4-7H,2H2,1,3H3. The molecule has 75 valence electrons. The Labute approximate surface area is 88.0 Å².